The highest BCUT2D eigenvalue weighted by molar-refractivity contribution is 6.30. The molecule has 0 radical (unpaired) electrons. The van der Waals surface area contributed by atoms with Gasteiger partial charge in [0.2, 0.25) is 0 Å². The lowest BCUT2D eigenvalue weighted by atomic mass is 9.88. The van der Waals surface area contributed by atoms with E-state index in [1.54, 1.807) is 0 Å². The van der Waals surface area contributed by atoms with E-state index in [9.17, 15) is 0 Å². The van der Waals surface area contributed by atoms with Crippen LogP contribution in [0.25, 0.3) is 0 Å². The number of aryl methyl sites for hydroxylation is 2. The average molecular weight is 264 g/mol. The molecule has 1 unspecified atom stereocenters. The van der Waals surface area contributed by atoms with Gasteiger partial charge in [-0.25, -0.2) is 4.98 Å². The molecule has 96 valence electrons. The van der Waals surface area contributed by atoms with Crippen LogP contribution in [0.2, 0.25) is 5.02 Å². The Balaban J connectivity index is 2.07. The fourth-order valence-electron chi connectivity index (χ4n) is 1.98. The van der Waals surface area contributed by atoms with Gasteiger partial charge in [0.05, 0.1) is 0 Å². The van der Waals surface area contributed by atoms with Crippen molar-refractivity contribution in [2.75, 3.05) is 0 Å². The maximum absolute atomic E-state index is 6.37. The summed E-state index contributed by atoms with van der Waals surface area (Å²) in [6.45, 7) is 2.04. The summed E-state index contributed by atoms with van der Waals surface area (Å²) in [6, 6.07) is 7.73. The van der Waals surface area contributed by atoms with Gasteiger partial charge in [0, 0.05) is 36.4 Å². The molecule has 1 aromatic heterocycles. The van der Waals surface area contributed by atoms with E-state index >= 15 is 0 Å². The monoisotopic (exact) mass is 263 g/mol. The molecule has 2 N–H and O–H groups in total. The van der Waals surface area contributed by atoms with Crippen LogP contribution in [0.5, 0.6) is 0 Å². The molecule has 2 aromatic rings. The summed E-state index contributed by atoms with van der Waals surface area (Å²) >= 11 is 5.89. The zero-order valence-electron chi connectivity index (χ0n) is 10.7. The molecule has 4 heteroatoms. The Morgan fingerprint density at radius 1 is 1.33 bits per heavy atom. The van der Waals surface area contributed by atoms with Crippen LogP contribution in [0, 0.1) is 0 Å². The van der Waals surface area contributed by atoms with Gasteiger partial charge < -0.3 is 10.3 Å². The third-order valence-electron chi connectivity index (χ3n) is 3.29. The van der Waals surface area contributed by atoms with Crippen molar-refractivity contribution in [2.24, 2.45) is 12.8 Å². The fourth-order valence-corrected chi connectivity index (χ4v) is 2.11. The standard InChI is InChI=1S/C14H18ClN3/c1-14(16,11-3-5-12(15)6-4-11)8-7-13-17-9-10-18(13)2/h3-6,9-10H,7-8,16H2,1-2H3. The predicted octanol–water partition coefficient (Wildman–Crippen LogP) is 2.88. The second-order valence-corrected chi connectivity index (χ2v) is 5.32. The van der Waals surface area contributed by atoms with Crippen molar-refractivity contribution in [1.29, 1.82) is 0 Å². The smallest absolute Gasteiger partial charge is 0.108 e. The van der Waals surface area contributed by atoms with Crippen molar-refractivity contribution in [3.05, 3.63) is 53.1 Å². The Labute approximate surface area is 113 Å². The molecule has 0 saturated carbocycles. The second kappa shape index (κ2) is 5.12. The highest BCUT2D eigenvalue weighted by Gasteiger charge is 2.21. The maximum atomic E-state index is 6.37. The molecule has 0 aliphatic carbocycles. The first-order valence-corrected chi connectivity index (χ1v) is 6.38. The molecule has 0 aliphatic rings. The topological polar surface area (TPSA) is 43.8 Å². The molecule has 0 amide bonds. The molecule has 3 nitrogen and oxygen atoms in total. The first-order chi connectivity index (χ1) is 8.49. The number of hydrogen-bond donors (Lipinski definition) is 1. The molecule has 1 heterocycles. The van der Waals surface area contributed by atoms with E-state index in [4.69, 9.17) is 17.3 Å². The van der Waals surface area contributed by atoms with Crippen LogP contribution in [0.4, 0.5) is 0 Å². The first kappa shape index (κ1) is 13.1. The first-order valence-electron chi connectivity index (χ1n) is 6.00. The summed E-state index contributed by atoms with van der Waals surface area (Å²) in [7, 11) is 2.00. The number of aromatic nitrogens is 2. The third-order valence-corrected chi connectivity index (χ3v) is 3.54. The van der Waals surface area contributed by atoms with Gasteiger partial charge in [0.1, 0.15) is 5.82 Å². The van der Waals surface area contributed by atoms with Gasteiger partial charge in [0.25, 0.3) is 0 Å². The number of nitrogens with two attached hydrogens (primary N) is 1. The number of hydrogen-bond acceptors (Lipinski definition) is 2. The lowest BCUT2D eigenvalue weighted by Gasteiger charge is -2.25. The molecular weight excluding hydrogens is 246 g/mol. The van der Waals surface area contributed by atoms with Crippen molar-refractivity contribution < 1.29 is 0 Å². The quantitative estimate of drug-likeness (QED) is 0.922. The van der Waals surface area contributed by atoms with Crippen LogP contribution in [-0.4, -0.2) is 9.55 Å². The minimum Gasteiger partial charge on any atom is -0.338 e. The highest BCUT2D eigenvalue weighted by atomic mass is 35.5. The lowest BCUT2D eigenvalue weighted by molar-refractivity contribution is 0.444. The van der Waals surface area contributed by atoms with Crippen LogP contribution in [0.3, 0.4) is 0 Å². The SMILES string of the molecule is Cn1ccnc1CCC(C)(N)c1ccc(Cl)cc1. The molecule has 2 rings (SSSR count). The van der Waals surface area contributed by atoms with E-state index in [0.717, 1.165) is 29.3 Å². The van der Waals surface area contributed by atoms with Crippen LogP contribution in [-0.2, 0) is 19.0 Å². The molecule has 0 aliphatic heterocycles. The Morgan fingerprint density at radius 3 is 2.56 bits per heavy atom. The Morgan fingerprint density at radius 2 is 2.00 bits per heavy atom. The molecule has 0 saturated heterocycles. The van der Waals surface area contributed by atoms with Crippen molar-refractivity contribution >= 4 is 11.6 Å². The summed E-state index contributed by atoms with van der Waals surface area (Å²) in [4.78, 5) is 4.31. The van der Waals surface area contributed by atoms with Gasteiger partial charge in [-0.1, -0.05) is 23.7 Å². The van der Waals surface area contributed by atoms with E-state index in [0.29, 0.717) is 0 Å². The van der Waals surface area contributed by atoms with Crippen LogP contribution >= 0.6 is 11.6 Å². The van der Waals surface area contributed by atoms with E-state index < -0.39 is 0 Å². The zero-order chi connectivity index (χ0) is 13.2. The summed E-state index contributed by atoms with van der Waals surface area (Å²) in [5, 5.41) is 0.735. The van der Waals surface area contributed by atoms with Crippen LogP contribution in [0.15, 0.2) is 36.7 Å². The number of benzene rings is 1. The summed E-state index contributed by atoms with van der Waals surface area (Å²) in [5.74, 6) is 1.06. The number of halogens is 1. The van der Waals surface area contributed by atoms with Gasteiger partial charge in [-0.15, -0.1) is 0 Å². The normalized spacial score (nSPS) is 14.4. The van der Waals surface area contributed by atoms with Gasteiger partial charge in [-0.2, -0.15) is 0 Å². The number of rotatable bonds is 4. The third kappa shape index (κ3) is 2.92. The summed E-state index contributed by atoms with van der Waals surface area (Å²) in [5.41, 5.74) is 7.11. The summed E-state index contributed by atoms with van der Waals surface area (Å²) in [6.07, 6.45) is 5.47. The molecule has 0 fully saturated rings. The molecule has 1 atom stereocenters. The van der Waals surface area contributed by atoms with Gasteiger partial charge in [0.15, 0.2) is 0 Å². The van der Waals surface area contributed by atoms with Gasteiger partial charge >= 0.3 is 0 Å². The van der Waals surface area contributed by atoms with Crippen molar-refractivity contribution in [2.45, 2.75) is 25.3 Å². The van der Waals surface area contributed by atoms with Gasteiger partial charge in [-0.3, -0.25) is 0 Å². The fraction of sp³-hybridized carbons (Fsp3) is 0.357. The van der Waals surface area contributed by atoms with Gasteiger partial charge in [-0.05, 0) is 31.0 Å². The second-order valence-electron chi connectivity index (χ2n) is 4.88. The molecule has 0 spiro atoms. The molecular formula is C14H18ClN3. The number of imidazole rings is 1. The largest absolute Gasteiger partial charge is 0.338 e. The average Bonchev–Trinajstić information content (AvgIpc) is 2.73. The summed E-state index contributed by atoms with van der Waals surface area (Å²) < 4.78 is 2.03. The van der Waals surface area contributed by atoms with E-state index in [-0.39, 0.29) is 5.54 Å². The maximum Gasteiger partial charge on any atom is 0.108 e. The Bertz CT molecular complexity index is 514. The molecule has 1 aromatic carbocycles. The minimum absolute atomic E-state index is 0.365. The minimum atomic E-state index is -0.365. The van der Waals surface area contributed by atoms with E-state index in [2.05, 4.69) is 4.98 Å². The van der Waals surface area contributed by atoms with E-state index in [1.807, 2.05) is 55.2 Å². The van der Waals surface area contributed by atoms with Crippen LogP contribution < -0.4 is 5.73 Å². The van der Waals surface area contributed by atoms with Crippen molar-refractivity contribution in [3.8, 4) is 0 Å². The van der Waals surface area contributed by atoms with Crippen molar-refractivity contribution in [1.82, 2.24) is 9.55 Å². The highest BCUT2D eigenvalue weighted by Crippen LogP contribution is 2.24. The Hall–Kier alpha value is -1.32. The lowest BCUT2D eigenvalue weighted by Crippen LogP contribution is -2.33. The Kier molecular flexibility index (Phi) is 3.73. The van der Waals surface area contributed by atoms with E-state index in [1.165, 1.54) is 0 Å². The zero-order valence-corrected chi connectivity index (χ0v) is 11.5. The van der Waals surface area contributed by atoms with Crippen LogP contribution in [0.1, 0.15) is 24.7 Å². The van der Waals surface area contributed by atoms with Crippen molar-refractivity contribution in [3.63, 3.8) is 0 Å². The predicted molar refractivity (Wildman–Crippen MR) is 74.5 cm³/mol. The molecule has 0 bridgehead atoms. The molecule has 18 heavy (non-hydrogen) atoms. The number of nitrogens with zero attached hydrogens (tertiary/aromatic N) is 2.